The summed E-state index contributed by atoms with van der Waals surface area (Å²) in [4.78, 5) is 18.8. The quantitative estimate of drug-likeness (QED) is 0.418. The van der Waals surface area contributed by atoms with E-state index in [1.165, 1.54) is 5.56 Å². The van der Waals surface area contributed by atoms with Gasteiger partial charge in [-0.25, -0.2) is 4.79 Å². The second-order valence-electron chi connectivity index (χ2n) is 9.84. The van der Waals surface area contributed by atoms with Gasteiger partial charge in [-0.3, -0.25) is 4.98 Å². The fraction of sp³-hybridized carbons (Fsp3) is 0.379. The Morgan fingerprint density at radius 2 is 1.86 bits per heavy atom. The summed E-state index contributed by atoms with van der Waals surface area (Å²) >= 11 is 0. The zero-order chi connectivity index (χ0) is 25.0. The minimum atomic E-state index is -0.517. The van der Waals surface area contributed by atoms with E-state index in [0.717, 1.165) is 45.9 Å². The SMILES string of the molecule is CCOc1ccc(OCc2cc(C)ccn2)c(-c2ccc3c(c2)CN(C(=O)OC(C)(C)C)CC3)c1. The van der Waals surface area contributed by atoms with E-state index in [2.05, 4.69) is 23.2 Å². The maximum absolute atomic E-state index is 12.7. The van der Waals surface area contributed by atoms with Crippen molar-refractivity contribution in [1.82, 2.24) is 9.88 Å². The maximum Gasteiger partial charge on any atom is 0.410 e. The van der Waals surface area contributed by atoms with Crippen molar-refractivity contribution in [2.24, 2.45) is 0 Å². The average Bonchev–Trinajstić information content (AvgIpc) is 2.81. The molecule has 35 heavy (non-hydrogen) atoms. The number of rotatable bonds is 6. The molecule has 184 valence electrons. The highest BCUT2D eigenvalue weighted by molar-refractivity contribution is 5.74. The third kappa shape index (κ3) is 6.32. The van der Waals surface area contributed by atoms with E-state index < -0.39 is 5.60 Å². The molecule has 4 rings (SSSR count). The predicted octanol–water partition coefficient (Wildman–Crippen LogP) is 6.33. The van der Waals surface area contributed by atoms with Gasteiger partial charge in [0.15, 0.2) is 0 Å². The van der Waals surface area contributed by atoms with Crippen molar-refractivity contribution >= 4 is 6.09 Å². The van der Waals surface area contributed by atoms with Crippen LogP contribution in [0.2, 0.25) is 0 Å². The average molecular weight is 475 g/mol. The molecule has 0 radical (unpaired) electrons. The summed E-state index contributed by atoms with van der Waals surface area (Å²) in [5.74, 6) is 1.55. The van der Waals surface area contributed by atoms with Gasteiger partial charge in [-0.05, 0) is 99.7 Å². The summed E-state index contributed by atoms with van der Waals surface area (Å²) < 4.78 is 17.6. The molecule has 0 saturated heterocycles. The van der Waals surface area contributed by atoms with Crippen molar-refractivity contribution in [2.75, 3.05) is 13.2 Å². The summed E-state index contributed by atoms with van der Waals surface area (Å²) in [5.41, 5.74) is 5.84. The van der Waals surface area contributed by atoms with Gasteiger partial charge in [0.05, 0.1) is 12.3 Å². The molecule has 0 aliphatic carbocycles. The third-order valence-electron chi connectivity index (χ3n) is 5.79. The van der Waals surface area contributed by atoms with Gasteiger partial charge < -0.3 is 19.1 Å². The van der Waals surface area contributed by atoms with Crippen molar-refractivity contribution in [3.05, 3.63) is 77.1 Å². The zero-order valence-electron chi connectivity index (χ0n) is 21.3. The number of nitrogens with zero attached hydrogens (tertiary/aromatic N) is 2. The maximum atomic E-state index is 12.7. The van der Waals surface area contributed by atoms with Crippen LogP contribution in [0.25, 0.3) is 11.1 Å². The van der Waals surface area contributed by atoms with Gasteiger partial charge in [-0.1, -0.05) is 12.1 Å². The Morgan fingerprint density at radius 1 is 1.03 bits per heavy atom. The van der Waals surface area contributed by atoms with Crippen LogP contribution in [0.3, 0.4) is 0 Å². The zero-order valence-corrected chi connectivity index (χ0v) is 21.3. The van der Waals surface area contributed by atoms with E-state index in [0.29, 0.717) is 26.3 Å². The molecular formula is C29H34N2O4. The summed E-state index contributed by atoms with van der Waals surface area (Å²) in [6.45, 7) is 11.8. The Labute approximate surface area is 207 Å². The second kappa shape index (κ2) is 10.4. The molecule has 1 aliphatic heterocycles. The first kappa shape index (κ1) is 24.6. The van der Waals surface area contributed by atoms with E-state index in [-0.39, 0.29) is 6.09 Å². The fourth-order valence-electron chi connectivity index (χ4n) is 4.15. The third-order valence-corrected chi connectivity index (χ3v) is 5.79. The van der Waals surface area contributed by atoms with Crippen molar-refractivity contribution in [1.29, 1.82) is 0 Å². The Kier molecular flexibility index (Phi) is 7.29. The molecule has 0 bridgehead atoms. The number of hydrogen-bond donors (Lipinski definition) is 0. The number of amides is 1. The Bertz CT molecular complexity index is 1200. The summed E-state index contributed by atoms with van der Waals surface area (Å²) in [6, 6.07) is 16.3. The van der Waals surface area contributed by atoms with Crippen LogP contribution in [-0.4, -0.2) is 34.7 Å². The van der Waals surface area contributed by atoms with Crippen LogP contribution in [0, 0.1) is 6.92 Å². The van der Waals surface area contributed by atoms with Crippen LogP contribution in [0.5, 0.6) is 11.5 Å². The predicted molar refractivity (Wildman–Crippen MR) is 137 cm³/mol. The van der Waals surface area contributed by atoms with Crippen molar-refractivity contribution < 1.29 is 19.0 Å². The molecule has 2 aromatic carbocycles. The van der Waals surface area contributed by atoms with Crippen LogP contribution < -0.4 is 9.47 Å². The second-order valence-corrected chi connectivity index (χ2v) is 9.84. The van der Waals surface area contributed by atoms with Crippen molar-refractivity contribution in [2.45, 2.75) is 59.8 Å². The Balaban J connectivity index is 1.61. The van der Waals surface area contributed by atoms with Crippen molar-refractivity contribution in [3.8, 4) is 22.6 Å². The van der Waals surface area contributed by atoms with Crippen molar-refractivity contribution in [3.63, 3.8) is 0 Å². The van der Waals surface area contributed by atoms with E-state index >= 15 is 0 Å². The molecule has 0 atom stereocenters. The first-order valence-electron chi connectivity index (χ1n) is 12.1. The Morgan fingerprint density at radius 3 is 2.60 bits per heavy atom. The molecule has 0 N–H and O–H groups in total. The first-order chi connectivity index (χ1) is 16.7. The smallest absolute Gasteiger partial charge is 0.410 e. The van der Waals surface area contributed by atoms with Gasteiger partial charge in [0.1, 0.15) is 23.7 Å². The number of aryl methyl sites for hydroxylation is 1. The number of carbonyl (C=O) groups excluding carboxylic acids is 1. The molecule has 0 saturated carbocycles. The van der Waals surface area contributed by atoms with Crippen LogP contribution in [-0.2, 0) is 24.3 Å². The van der Waals surface area contributed by atoms with Gasteiger partial charge >= 0.3 is 6.09 Å². The Hall–Kier alpha value is -3.54. The van der Waals surface area contributed by atoms with Crippen LogP contribution in [0.15, 0.2) is 54.7 Å². The lowest BCUT2D eigenvalue weighted by Gasteiger charge is -2.31. The standard InChI is InChI=1S/C29H34N2O4/c1-6-33-25-9-10-27(34-19-24-15-20(2)11-13-30-24)26(17-25)22-8-7-21-12-14-31(18-23(21)16-22)28(32)35-29(3,4)5/h7-11,13,15-17H,6,12,14,18-19H2,1-5H3. The lowest BCUT2D eigenvalue weighted by atomic mass is 9.94. The molecule has 1 aromatic heterocycles. The van der Waals surface area contributed by atoms with E-state index in [1.807, 2.05) is 65.0 Å². The van der Waals surface area contributed by atoms with E-state index in [1.54, 1.807) is 11.1 Å². The van der Waals surface area contributed by atoms with Gasteiger partial charge in [-0.2, -0.15) is 0 Å². The molecule has 1 amide bonds. The molecule has 6 nitrogen and oxygen atoms in total. The summed E-state index contributed by atoms with van der Waals surface area (Å²) in [5, 5.41) is 0. The molecule has 1 aliphatic rings. The lowest BCUT2D eigenvalue weighted by Crippen LogP contribution is -2.39. The highest BCUT2D eigenvalue weighted by Crippen LogP contribution is 2.36. The van der Waals surface area contributed by atoms with E-state index in [4.69, 9.17) is 14.2 Å². The molecule has 2 heterocycles. The number of fused-ring (bicyclic) bond motifs is 1. The lowest BCUT2D eigenvalue weighted by molar-refractivity contribution is 0.0224. The number of carbonyl (C=O) groups is 1. The van der Waals surface area contributed by atoms with Gasteiger partial charge in [-0.15, -0.1) is 0 Å². The van der Waals surface area contributed by atoms with Crippen LogP contribution >= 0.6 is 0 Å². The highest BCUT2D eigenvalue weighted by atomic mass is 16.6. The number of aromatic nitrogens is 1. The first-order valence-corrected chi connectivity index (χ1v) is 12.1. The van der Waals surface area contributed by atoms with E-state index in [9.17, 15) is 4.79 Å². The molecule has 0 spiro atoms. The minimum Gasteiger partial charge on any atom is -0.494 e. The normalized spacial score (nSPS) is 13.2. The minimum absolute atomic E-state index is 0.276. The van der Waals surface area contributed by atoms with Gasteiger partial charge in [0.25, 0.3) is 0 Å². The molecule has 6 heteroatoms. The number of benzene rings is 2. The monoisotopic (exact) mass is 474 g/mol. The highest BCUT2D eigenvalue weighted by Gasteiger charge is 2.26. The van der Waals surface area contributed by atoms with Crippen LogP contribution in [0.4, 0.5) is 4.79 Å². The van der Waals surface area contributed by atoms with Crippen LogP contribution in [0.1, 0.15) is 50.1 Å². The molecule has 0 unspecified atom stereocenters. The molecule has 3 aromatic rings. The largest absolute Gasteiger partial charge is 0.494 e. The van der Waals surface area contributed by atoms with Gasteiger partial charge in [0.2, 0.25) is 0 Å². The van der Waals surface area contributed by atoms with Gasteiger partial charge in [0, 0.05) is 24.8 Å². The number of ether oxygens (including phenoxy) is 3. The number of hydrogen-bond acceptors (Lipinski definition) is 5. The topological polar surface area (TPSA) is 60.9 Å². The number of pyridine rings is 1. The molecule has 0 fully saturated rings. The fourth-order valence-corrected chi connectivity index (χ4v) is 4.15. The summed E-state index contributed by atoms with van der Waals surface area (Å²) in [7, 11) is 0. The summed E-state index contributed by atoms with van der Waals surface area (Å²) in [6.07, 6.45) is 2.32. The molecular weight excluding hydrogens is 440 g/mol.